The first kappa shape index (κ1) is 32.6. The van der Waals surface area contributed by atoms with Gasteiger partial charge in [0, 0.05) is 24.2 Å². The molecule has 0 bridgehead atoms. The van der Waals surface area contributed by atoms with Crippen LogP contribution in [0, 0.1) is 18.7 Å². The fourth-order valence-electron chi connectivity index (χ4n) is 6.51. The number of carbonyl (C=O) groups excluding carboxylic acids is 1. The van der Waals surface area contributed by atoms with E-state index >= 15 is 4.39 Å². The number of aryl methyl sites for hydroxylation is 3. The third-order valence-electron chi connectivity index (χ3n) is 8.56. The minimum Gasteiger partial charge on any atom is -0.494 e. The predicted octanol–water partition coefficient (Wildman–Crippen LogP) is 6.60. The fraction of sp³-hybridized carbons (Fsp3) is 0.429. The van der Waals surface area contributed by atoms with Gasteiger partial charge >= 0.3 is 5.97 Å². The second kappa shape index (κ2) is 14.6. The summed E-state index contributed by atoms with van der Waals surface area (Å²) in [4.78, 5) is 28.6. The summed E-state index contributed by atoms with van der Waals surface area (Å²) in [7, 11) is 0. The number of rotatable bonds is 13. The maximum atomic E-state index is 15.0. The molecule has 3 atom stereocenters. The summed E-state index contributed by atoms with van der Waals surface area (Å²) in [6.45, 7) is 6.85. The van der Waals surface area contributed by atoms with Crippen molar-refractivity contribution < 1.29 is 33.3 Å². The molecule has 45 heavy (non-hydrogen) atoms. The van der Waals surface area contributed by atoms with Gasteiger partial charge in [-0.05, 0) is 84.7 Å². The zero-order chi connectivity index (χ0) is 32.1. The normalized spacial score (nSPS) is 19.1. The highest BCUT2D eigenvalue weighted by Crippen LogP contribution is 2.48. The number of nitrogens with one attached hydrogen (secondary N) is 1. The Labute approximate surface area is 268 Å². The molecule has 3 aromatic rings. The number of nitrogens with zero attached hydrogens (tertiary/aromatic N) is 1. The van der Waals surface area contributed by atoms with Gasteiger partial charge in [0.15, 0.2) is 11.6 Å². The standard InChI is InChI=1S/C35H41FN2O6S/c1-5-22-14-21(3)15-23(6-2)32(22)37-30(39)19-38-18-27(25-16-28(36)34-29(17-25)43-20-44-34)31(35(40)41)33(38)24-8-10-26(11-9-24)42-12-7-13-45-4/h8-11,14-17,27,31,33H,5-7,12-13,18-20H2,1-4H3,(H,37,39)(H,40,41)/t27-,31?,33+/m1/s1. The first-order valence-corrected chi connectivity index (χ1v) is 16.8. The number of ether oxygens (including phenoxy) is 3. The van der Waals surface area contributed by atoms with E-state index < -0.39 is 29.7 Å². The van der Waals surface area contributed by atoms with E-state index in [0.29, 0.717) is 17.9 Å². The molecular formula is C35H41FN2O6S. The molecule has 2 heterocycles. The number of benzene rings is 3. The van der Waals surface area contributed by atoms with Crippen LogP contribution in [0.5, 0.6) is 17.2 Å². The van der Waals surface area contributed by atoms with Gasteiger partial charge in [0.05, 0.1) is 19.1 Å². The lowest BCUT2D eigenvalue weighted by Crippen LogP contribution is -2.35. The highest BCUT2D eigenvalue weighted by molar-refractivity contribution is 7.98. The van der Waals surface area contributed by atoms with Gasteiger partial charge in [-0.1, -0.05) is 43.7 Å². The minimum atomic E-state index is -1.02. The average molecular weight is 637 g/mol. The molecule has 1 saturated heterocycles. The molecule has 2 aliphatic rings. The van der Waals surface area contributed by atoms with Gasteiger partial charge in [-0.3, -0.25) is 14.5 Å². The molecule has 0 aromatic heterocycles. The molecule has 0 radical (unpaired) electrons. The first-order valence-electron chi connectivity index (χ1n) is 15.4. The Morgan fingerprint density at radius 2 is 1.78 bits per heavy atom. The fourth-order valence-corrected chi connectivity index (χ4v) is 6.91. The van der Waals surface area contributed by atoms with Crippen molar-refractivity contribution >= 4 is 29.3 Å². The Morgan fingerprint density at radius 3 is 2.42 bits per heavy atom. The SMILES string of the molecule is CCc1cc(C)cc(CC)c1NC(=O)CN1C[C@H](c2cc(F)c3c(c2)OCO3)C(C(=O)O)[C@@H]1c1ccc(OCCCSC)cc1. The van der Waals surface area contributed by atoms with Gasteiger partial charge in [0.2, 0.25) is 18.4 Å². The van der Waals surface area contributed by atoms with Crippen LogP contribution in [0.4, 0.5) is 10.1 Å². The zero-order valence-electron chi connectivity index (χ0n) is 26.2. The van der Waals surface area contributed by atoms with Crippen molar-refractivity contribution in [1.29, 1.82) is 0 Å². The zero-order valence-corrected chi connectivity index (χ0v) is 27.0. The Morgan fingerprint density at radius 1 is 1.07 bits per heavy atom. The van der Waals surface area contributed by atoms with Crippen LogP contribution < -0.4 is 19.5 Å². The van der Waals surface area contributed by atoms with Gasteiger partial charge in [0.25, 0.3) is 0 Å². The number of fused-ring (bicyclic) bond motifs is 1. The largest absolute Gasteiger partial charge is 0.494 e. The van der Waals surface area contributed by atoms with E-state index in [1.165, 1.54) is 6.07 Å². The summed E-state index contributed by atoms with van der Waals surface area (Å²) in [5.41, 5.74) is 5.31. The molecule has 1 unspecified atom stereocenters. The number of carboxylic acids is 1. The highest BCUT2D eigenvalue weighted by atomic mass is 32.2. The second-order valence-electron chi connectivity index (χ2n) is 11.6. The topological polar surface area (TPSA) is 97.3 Å². The molecule has 8 nitrogen and oxygen atoms in total. The highest BCUT2D eigenvalue weighted by Gasteiger charge is 2.48. The monoisotopic (exact) mass is 636 g/mol. The Balaban J connectivity index is 1.47. The minimum absolute atomic E-state index is 0.0288. The number of carboxylic acid groups (broad SMARTS) is 1. The van der Waals surface area contributed by atoms with Crippen LogP contribution in [0.3, 0.4) is 0 Å². The van der Waals surface area contributed by atoms with E-state index in [2.05, 4.69) is 37.6 Å². The van der Waals surface area contributed by atoms with Crippen molar-refractivity contribution in [3.05, 3.63) is 82.2 Å². The second-order valence-corrected chi connectivity index (χ2v) is 12.5. The number of hydrogen-bond acceptors (Lipinski definition) is 7. The van der Waals surface area contributed by atoms with Crippen LogP contribution in [0.2, 0.25) is 0 Å². The van der Waals surface area contributed by atoms with Crippen LogP contribution in [0.1, 0.15) is 60.0 Å². The van der Waals surface area contributed by atoms with Gasteiger partial charge < -0.3 is 24.6 Å². The molecule has 0 saturated carbocycles. The van der Waals surface area contributed by atoms with E-state index in [-0.39, 0.29) is 37.3 Å². The summed E-state index contributed by atoms with van der Waals surface area (Å²) in [6.07, 6.45) is 4.50. The van der Waals surface area contributed by atoms with Crippen LogP contribution in [-0.4, -0.2) is 60.4 Å². The summed E-state index contributed by atoms with van der Waals surface area (Å²) >= 11 is 1.76. The van der Waals surface area contributed by atoms with E-state index in [1.807, 2.05) is 36.1 Å². The summed E-state index contributed by atoms with van der Waals surface area (Å²) < 4.78 is 31.6. The number of hydrogen-bond donors (Lipinski definition) is 2. The average Bonchev–Trinajstić information content (AvgIpc) is 3.66. The van der Waals surface area contributed by atoms with Crippen molar-refractivity contribution in [2.24, 2.45) is 5.92 Å². The molecule has 5 rings (SSSR count). The quantitative estimate of drug-likeness (QED) is 0.203. The smallest absolute Gasteiger partial charge is 0.309 e. The molecule has 3 aromatic carbocycles. The van der Waals surface area contributed by atoms with Crippen LogP contribution in [-0.2, 0) is 22.4 Å². The molecule has 0 aliphatic carbocycles. The molecular weight excluding hydrogens is 595 g/mol. The van der Waals surface area contributed by atoms with Crippen LogP contribution in [0.25, 0.3) is 0 Å². The number of amides is 1. The van der Waals surface area contributed by atoms with E-state index in [4.69, 9.17) is 14.2 Å². The van der Waals surface area contributed by atoms with E-state index in [1.54, 1.807) is 17.8 Å². The Kier molecular flexibility index (Phi) is 10.6. The van der Waals surface area contributed by atoms with Crippen molar-refractivity contribution in [2.75, 3.05) is 43.8 Å². The predicted molar refractivity (Wildman–Crippen MR) is 174 cm³/mol. The van der Waals surface area contributed by atoms with E-state index in [9.17, 15) is 14.7 Å². The van der Waals surface area contributed by atoms with Crippen LogP contribution in [0.15, 0.2) is 48.5 Å². The first-order chi connectivity index (χ1) is 21.7. The third-order valence-corrected chi connectivity index (χ3v) is 9.26. The lowest BCUT2D eigenvalue weighted by Gasteiger charge is -2.27. The number of anilines is 1. The Hall–Kier alpha value is -3.76. The molecule has 1 amide bonds. The summed E-state index contributed by atoms with van der Waals surface area (Å²) in [5, 5.41) is 13.8. The third kappa shape index (κ3) is 7.23. The number of likely N-dealkylation sites (tertiary alicyclic amines) is 1. The van der Waals surface area contributed by atoms with Crippen LogP contribution >= 0.6 is 11.8 Å². The van der Waals surface area contributed by atoms with E-state index in [0.717, 1.165) is 53.0 Å². The van der Waals surface area contributed by atoms with Gasteiger partial charge in [-0.2, -0.15) is 11.8 Å². The van der Waals surface area contributed by atoms with Crippen molar-refractivity contribution in [3.8, 4) is 17.2 Å². The number of halogens is 1. The maximum absolute atomic E-state index is 15.0. The molecule has 0 spiro atoms. The van der Waals surface area contributed by atoms with Crippen molar-refractivity contribution in [1.82, 2.24) is 4.90 Å². The maximum Gasteiger partial charge on any atom is 0.309 e. The lowest BCUT2D eigenvalue weighted by atomic mass is 9.82. The molecule has 240 valence electrons. The van der Waals surface area contributed by atoms with Gasteiger partial charge in [-0.25, -0.2) is 4.39 Å². The molecule has 2 aliphatic heterocycles. The number of aliphatic carboxylic acids is 1. The number of thioether (sulfide) groups is 1. The van der Waals surface area contributed by atoms with Crippen molar-refractivity contribution in [3.63, 3.8) is 0 Å². The van der Waals surface area contributed by atoms with Crippen molar-refractivity contribution in [2.45, 2.75) is 52.0 Å². The molecule has 1 fully saturated rings. The number of carbonyl (C=O) groups is 2. The Bertz CT molecular complexity index is 1510. The molecule has 10 heteroatoms. The van der Waals surface area contributed by atoms with Gasteiger partial charge in [-0.15, -0.1) is 0 Å². The summed E-state index contributed by atoms with van der Waals surface area (Å²) in [6, 6.07) is 13.9. The van der Waals surface area contributed by atoms with Gasteiger partial charge in [0.1, 0.15) is 5.75 Å². The molecule has 2 N–H and O–H groups in total. The summed E-state index contributed by atoms with van der Waals surface area (Å²) in [5.74, 6) is -1.44. The lowest BCUT2D eigenvalue weighted by molar-refractivity contribution is -0.143.